The summed E-state index contributed by atoms with van der Waals surface area (Å²) in [6.07, 6.45) is 2.18. The maximum absolute atomic E-state index is 5.71. The van der Waals surface area contributed by atoms with Gasteiger partial charge in [0, 0.05) is 6.04 Å². The Morgan fingerprint density at radius 2 is 1.78 bits per heavy atom. The second-order valence-electron chi connectivity index (χ2n) is 5.34. The second kappa shape index (κ2) is 8.15. The van der Waals surface area contributed by atoms with Crippen molar-refractivity contribution in [1.29, 1.82) is 0 Å². The Labute approximate surface area is 112 Å². The first kappa shape index (κ1) is 15.0. The van der Waals surface area contributed by atoms with Gasteiger partial charge in [-0.2, -0.15) is 0 Å². The molecule has 1 unspecified atom stereocenters. The van der Waals surface area contributed by atoms with E-state index >= 15 is 0 Å². The van der Waals surface area contributed by atoms with Crippen molar-refractivity contribution < 1.29 is 4.74 Å². The lowest BCUT2D eigenvalue weighted by atomic mass is 10.1. The summed E-state index contributed by atoms with van der Waals surface area (Å²) in [5.41, 5.74) is 1.36. The van der Waals surface area contributed by atoms with Crippen LogP contribution >= 0.6 is 0 Å². The average molecular weight is 249 g/mol. The molecule has 0 amide bonds. The minimum absolute atomic E-state index is 0.530. The number of benzene rings is 1. The van der Waals surface area contributed by atoms with Crippen LogP contribution in [0, 0.1) is 5.92 Å². The summed E-state index contributed by atoms with van der Waals surface area (Å²) in [5.74, 6) is 1.68. The topological polar surface area (TPSA) is 21.3 Å². The summed E-state index contributed by atoms with van der Waals surface area (Å²) in [6, 6.07) is 9.02. The van der Waals surface area contributed by atoms with Crippen LogP contribution in [0.1, 0.15) is 39.7 Å². The third-order valence-electron chi connectivity index (χ3n) is 2.98. The van der Waals surface area contributed by atoms with Gasteiger partial charge in [-0.3, -0.25) is 0 Å². The monoisotopic (exact) mass is 249 g/mol. The summed E-state index contributed by atoms with van der Waals surface area (Å²) in [4.78, 5) is 0. The second-order valence-corrected chi connectivity index (χ2v) is 5.34. The van der Waals surface area contributed by atoms with E-state index in [0.717, 1.165) is 31.7 Å². The van der Waals surface area contributed by atoms with Crippen molar-refractivity contribution >= 4 is 0 Å². The Balaban J connectivity index is 2.37. The summed E-state index contributed by atoms with van der Waals surface area (Å²) in [7, 11) is 0. The number of ether oxygens (including phenoxy) is 1. The SMILES string of the molecule is CCNC(C)Cc1ccc(OCCC(C)C)cc1. The van der Waals surface area contributed by atoms with E-state index in [9.17, 15) is 0 Å². The molecule has 1 N–H and O–H groups in total. The average Bonchev–Trinajstić information content (AvgIpc) is 2.31. The third-order valence-corrected chi connectivity index (χ3v) is 2.98. The first-order valence-electron chi connectivity index (χ1n) is 7.07. The van der Waals surface area contributed by atoms with Crippen molar-refractivity contribution in [3.8, 4) is 5.75 Å². The minimum Gasteiger partial charge on any atom is -0.494 e. The van der Waals surface area contributed by atoms with Crippen LogP contribution < -0.4 is 10.1 Å². The lowest BCUT2D eigenvalue weighted by molar-refractivity contribution is 0.289. The maximum atomic E-state index is 5.71. The van der Waals surface area contributed by atoms with E-state index in [2.05, 4.69) is 57.3 Å². The molecule has 18 heavy (non-hydrogen) atoms. The van der Waals surface area contributed by atoms with Gasteiger partial charge in [0.2, 0.25) is 0 Å². The molecule has 0 aliphatic rings. The molecule has 0 saturated carbocycles. The van der Waals surface area contributed by atoms with Gasteiger partial charge in [0.15, 0.2) is 0 Å². The van der Waals surface area contributed by atoms with Gasteiger partial charge in [-0.1, -0.05) is 32.9 Å². The highest BCUT2D eigenvalue weighted by Crippen LogP contribution is 2.14. The van der Waals surface area contributed by atoms with Crippen molar-refractivity contribution in [3.63, 3.8) is 0 Å². The van der Waals surface area contributed by atoms with Crippen LogP contribution in [0.3, 0.4) is 0 Å². The van der Waals surface area contributed by atoms with Crippen LogP contribution in [0.25, 0.3) is 0 Å². The van der Waals surface area contributed by atoms with Crippen molar-refractivity contribution in [3.05, 3.63) is 29.8 Å². The van der Waals surface area contributed by atoms with Gasteiger partial charge >= 0.3 is 0 Å². The maximum Gasteiger partial charge on any atom is 0.119 e. The zero-order valence-electron chi connectivity index (χ0n) is 12.2. The molecule has 0 bridgehead atoms. The molecule has 0 aromatic heterocycles. The fraction of sp³-hybridized carbons (Fsp3) is 0.625. The molecule has 2 nitrogen and oxygen atoms in total. The highest BCUT2D eigenvalue weighted by atomic mass is 16.5. The molecular formula is C16H27NO. The Bertz CT molecular complexity index is 318. The summed E-state index contributed by atoms with van der Waals surface area (Å²) in [6.45, 7) is 10.6. The molecule has 1 atom stereocenters. The molecule has 0 heterocycles. The minimum atomic E-state index is 0.530. The molecule has 0 aliphatic heterocycles. The van der Waals surface area contributed by atoms with Gasteiger partial charge in [0.1, 0.15) is 5.75 Å². The molecule has 0 spiro atoms. The summed E-state index contributed by atoms with van der Waals surface area (Å²) in [5, 5.41) is 3.42. The third kappa shape index (κ3) is 6.06. The lowest BCUT2D eigenvalue weighted by Gasteiger charge is -2.13. The Hall–Kier alpha value is -1.02. The fourth-order valence-corrected chi connectivity index (χ4v) is 1.91. The van der Waals surface area contributed by atoms with E-state index in [1.165, 1.54) is 5.56 Å². The van der Waals surface area contributed by atoms with Crippen LogP contribution in [0.15, 0.2) is 24.3 Å². The smallest absolute Gasteiger partial charge is 0.119 e. The first-order chi connectivity index (χ1) is 8.61. The van der Waals surface area contributed by atoms with Crippen LogP contribution in [-0.4, -0.2) is 19.2 Å². The van der Waals surface area contributed by atoms with Gasteiger partial charge < -0.3 is 10.1 Å². The largest absolute Gasteiger partial charge is 0.494 e. The molecule has 0 radical (unpaired) electrons. The summed E-state index contributed by atoms with van der Waals surface area (Å²) >= 11 is 0. The number of hydrogen-bond acceptors (Lipinski definition) is 2. The molecule has 0 fully saturated rings. The quantitative estimate of drug-likeness (QED) is 0.759. The van der Waals surface area contributed by atoms with E-state index in [1.54, 1.807) is 0 Å². The molecule has 1 aromatic rings. The molecule has 1 rings (SSSR count). The van der Waals surface area contributed by atoms with Gasteiger partial charge in [0.25, 0.3) is 0 Å². The zero-order valence-corrected chi connectivity index (χ0v) is 12.2. The normalized spacial score (nSPS) is 12.7. The highest BCUT2D eigenvalue weighted by molar-refractivity contribution is 5.27. The van der Waals surface area contributed by atoms with Crippen LogP contribution in [-0.2, 0) is 6.42 Å². The van der Waals surface area contributed by atoms with Gasteiger partial charge in [-0.15, -0.1) is 0 Å². The fourth-order valence-electron chi connectivity index (χ4n) is 1.91. The van der Waals surface area contributed by atoms with Gasteiger partial charge in [-0.25, -0.2) is 0 Å². The molecule has 0 saturated heterocycles. The highest BCUT2D eigenvalue weighted by Gasteiger charge is 2.02. The number of likely N-dealkylation sites (N-methyl/N-ethyl adjacent to an activating group) is 1. The van der Waals surface area contributed by atoms with Gasteiger partial charge in [-0.05, 0) is 49.9 Å². The Morgan fingerprint density at radius 3 is 2.33 bits per heavy atom. The lowest BCUT2D eigenvalue weighted by Crippen LogP contribution is -2.27. The number of hydrogen-bond donors (Lipinski definition) is 1. The van der Waals surface area contributed by atoms with E-state index in [-0.39, 0.29) is 0 Å². The molecular weight excluding hydrogens is 222 g/mol. The number of rotatable bonds is 8. The standard InChI is InChI=1S/C16H27NO/c1-5-17-14(4)12-15-6-8-16(9-7-15)18-11-10-13(2)3/h6-9,13-14,17H,5,10-12H2,1-4H3. The predicted molar refractivity (Wildman–Crippen MR) is 78.2 cm³/mol. The van der Waals surface area contributed by atoms with Crippen LogP contribution in [0.4, 0.5) is 0 Å². The van der Waals surface area contributed by atoms with Crippen molar-refractivity contribution in [1.82, 2.24) is 5.32 Å². The van der Waals surface area contributed by atoms with Crippen molar-refractivity contribution in [2.24, 2.45) is 5.92 Å². The summed E-state index contributed by atoms with van der Waals surface area (Å²) < 4.78 is 5.71. The predicted octanol–water partition coefficient (Wildman–Crippen LogP) is 3.65. The molecule has 2 heteroatoms. The first-order valence-corrected chi connectivity index (χ1v) is 7.07. The van der Waals surface area contributed by atoms with Crippen LogP contribution in [0.5, 0.6) is 5.75 Å². The van der Waals surface area contributed by atoms with Gasteiger partial charge in [0.05, 0.1) is 6.61 Å². The molecule has 102 valence electrons. The van der Waals surface area contributed by atoms with E-state index in [4.69, 9.17) is 4.74 Å². The Kier molecular flexibility index (Phi) is 6.81. The Morgan fingerprint density at radius 1 is 1.11 bits per heavy atom. The van der Waals surface area contributed by atoms with E-state index < -0.39 is 0 Å². The molecule has 1 aromatic carbocycles. The van der Waals surface area contributed by atoms with Crippen LogP contribution in [0.2, 0.25) is 0 Å². The molecule has 0 aliphatic carbocycles. The van der Waals surface area contributed by atoms with Crippen molar-refractivity contribution in [2.75, 3.05) is 13.2 Å². The van der Waals surface area contributed by atoms with E-state index in [0.29, 0.717) is 12.0 Å². The zero-order chi connectivity index (χ0) is 13.4. The number of nitrogens with one attached hydrogen (secondary N) is 1. The van der Waals surface area contributed by atoms with Crippen molar-refractivity contribution in [2.45, 2.75) is 46.6 Å². The van der Waals surface area contributed by atoms with E-state index in [1.807, 2.05) is 0 Å².